The van der Waals surface area contributed by atoms with Crippen molar-refractivity contribution in [3.05, 3.63) is 0 Å². The van der Waals surface area contributed by atoms with Gasteiger partial charge in [-0.3, -0.25) is 4.18 Å². The number of carbonyl (C=O) groups excluding carboxylic acids is 1. The Labute approximate surface area is 109 Å². The molecule has 0 heterocycles. The smallest absolute Gasteiger partial charge is 0.407 e. The molecular formula is C11H23NO5S. The molecule has 0 aliphatic rings. The predicted molar refractivity (Wildman–Crippen MR) is 68.8 cm³/mol. The van der Waals surface area contributed by atoms with E-state index < -0.39 is 27.2 Å². The third-order valence-electron chi connectivity index (χ3n) is 1.77. The fourth-order valence-electron chi connectivity index (χ4n) is 0.943. The van der Waals surface area contributed by atoms with E-state index in [4.69, 9.17) is 8.92 Å². The Morgan fingerprint density at radius 1 is 1.17 bits per heavy atom. The lowest BCUT2D eigenvalue weighted by atomic mass is 9.95. The molecule has 0 aromatic rings. The van der Waals surface area contributed by atoms with Crippen molar-refractivity contribution < 1.29 is 22.1 Å². The summed E-state index contributed by atoms with van der Waals surface area (Å²) in [6, 6.07) is 0. The molecule has 0 unspecified atom stereocenters. The Kier molecular flexibility index (Phi) is 5.61. The van der Waals surface area contributed by atoms with E-state index >= 15 is 0 Å². The van der Waals surface area contributed by atoms with Crippen molar-refractivity contribution in [1.29, 1.82) is 0 Å². The number of amides is 1. The van der Waals surface area contributed by atoms with Gasteiger partial charge in [-0.2, -0.15) is 8.42 Å². The number of hydrogen-bond acceptors (Lipinski definition) is 5. The van der Waals surface area contributed by atoms with Crippen molar-refractivity contribution >= 4 is 16.2 Å². The van der Waals surface area contributed by atoms with Crippen LogP contribution in [0.3, 0.4) is 0 Å². The predicted octanol–water partition coefficient (Wildman–Crippen LogP) is 1.51. The molecule has 6 nitrogen and oxygen atoms in total. The Hall–Kier alpha value is -0.820. The molecule has 0 bridgehead atoms. The van der Waals surface area contributed by atoms with Crippen molar-refractivity contribution in [2.75, 3.05) is 19.4 Å². The maximum absolute atomic E-state index is 11.4. The van der Waals surface area contributed by atoms with Crippen molar-refractivity contribution in [3.8, 4) is 0 Å². The van der Waals surface area contributed by atoms with Crippen molar-refractivity contribution in [3.63, 3.8) is 0 Å². The van der Waals surface area contributed by atoms with E-state index in [1.54, 1.807) is 34.6 Å². The minimum Gasteiger partial charge on any atom is -0.444 e. The zero-order valence-electron chi connectivity index (χ0n) is 11.9. The summed E-state index contributed by atoms with van der Waals surface area (Å²) in [6.45, 7) is 9.14. The van der Waals surface area contributed by atoms with E-state index in [2.05, 4.69) is 5.32 Å². The normalized spacial score (nSPS) is 13.2. The van der Waals surface area contributed by atoms with Crippen molar-refractivity contribution in [2.45, 2.75) is 40.2 Å². The topological polar surface area (TPSA) is 81.7 Å². The van der Waals surface area contributed by atoms with E-state index in [0.717, 1.165) is 6.26 Å². The van der Waals surface area contributed by atoms with Crippen LogP contribution in [0, 0.1) is 5.41 Å². The van der Waals surface area contributed by atoms with Gasteiger partial charge < -0.3 is 10.1 Å². The van der Waals surface area contributed by atoms with E-state index in [9.17, 15) is 13.2 Å². The third-order valence-corrected chi connectivity index (χ3v) is 2.32. The average molecular weight is 281 g/mol. The van der Waals surface area contributed by atoms with Crippen LogP contribution >= 0.6 is 0 Å². The Morgan fingerprint density at radius 3 is 2.06 bits per heavy atom. The highest BCUT2D eigenvalue weighted by atomic mass is 32.2. The number of rotatable bonds is 5. The summed E-state index contributed by atoms with van der Waals surface area (Å²) in [4.78, 5) is 11.4. The van der Waals surface area contributed by atoms with Crippen LogP contribution in [0.2, 0.25) is 0 Å². The summed E-state index contributed by atoms with van der Waals surface area (Å²) < 4.78 is 31.5. The molecule has 1 N–H and O–H groups in total. The maximum Gasteiger partial charge on any atom is 0.407 e. The largest absolute Gasteiger partial charge is 0.444 e. The first-order chi connectivity index (χ1) is 7.81. The second-order valence-electron chi connectivity index (χ2n) is 5.99. The molecule has 0 spiro atoms. The molecule has 0 atom stereocenters. The van der Waals surface area contributed by atoms with E-state index in [1.807, 2.05) is 0 Å². The summed E-state index contributed by atoms with van der Waals surface area (Å²) in [5.74, 6) is 0. The summed E-state index contributed by atoms with van der Waals surface area (Å²) in [5.41, 5.74) is -1.06. The quantitative estimate of drug-likeness (QED) is 0.772. The van der Waals surface area contributed by atoms with Crippen molar-refractivity contribution in [1.82, 2.24) is 5.32 Å². The lowest BCUT2D eigenvalue weighted by Gasteiger charge is -2.25. The first kappa shape index (κ1) is 17.2. The molecule has 0 rings (SSSR count). The van der Waals surface area contributed by atoms with Gasteiger partial charge in [0.25, 0.3) is 10.1 Å². The molecule has 18 heavy (non-hydrogen) atoms. The van der Waals surface area contributed by atoms with Crippen LogP contribution in [0.5, 0.6) is 0 Å². The molecular weight excluding hydrogens is 258 g/mol. The highest BCUT2D eigenvalue weighted by Gasteiger charge is 2.23. The van der Waals surface area contributed by atoms with Gasteiger partial charge >= 0.3 is 6.09 Å². The molecule has 0 radical (unpaired) electrons. The van der Waals surface area contributed by atoms with Gasteiger partial charge in [0.2, 0.25) is 0 Å². The third kappa shape index (κ3) is 10.3. The molecule has 0 saturated carbocycles. The van der Waals surface area contributed by atoms with Gasteiger partial charge in [0.15, 0.2) is 0 Å². The van der Waals surface area contributed by atoms with Gasteiger partial charge in [-0.25, -0.2) is 4.79 Å². The Balaban J connectivity index is 4.15. The summed E-state index contributed by atoms with van der Waals surface area (Å²) >= 11 is 0. The molecule has 0 aromatic heterocycles. The first-order valence-electron chi connectivity index (χ1n) is 5.62. The zero-order valence-corrected chi connectivity index (χ0v) is 12.7. The molecule has 0 saturated heterocycles. The summed E-state index contributed by atoms with van der Waals surface area (Å²) in [5, 5.41) is 2.58. The number of hydrogen-bond donors (Lipinski definition) is 1. The van der Waals surface area contributed by atoms with E-state index in [0.29, 0.717) is 0 Å². The number of nitrogens with one attached hydrogen (secondary N) is 1. The SMILES string of the molecule is CC(C)(CNC(=O)OC(C)(C)C)COS(C)(=O)=O. The average Bonchev–Trinajstić information content (AvgIpc) is 2.08. The van der Waals surface area contributed by atoms with Gasteiger partial charge in [-0.05, 0) is 20.8 Å². The monoisotopic (exact) mass is 281 g/mol. The van der Waals surface area contributed by atoms with Gasteiger partial charge in [0, 0.05) is 12.0 Å². The maximum atomic E-state index is 11.4. The van der Waals surface area contributed by atoms with Crippen LogP contribution in [0.4, 0.5) is 4.79 Å². The minimum atomic E-state index is -3.47. The molecule has 1 amide bonds. The Morgan fingerprint density at radius 2 is 1.67 bits per heavy atom. The summed E-state index contributed by atoms with van der Waals surface area (Å²) in [7, 11) is -3.47. The van der Waals surface area contributed by atoms with Crippen LogP contribution in [0.1, 0.15) is 34.6 Å². The van der Waals surface area contributed by atoms with Crippen LogP contribution in [-0.2, 0) is 19.0 Å². The zero-order chi connectivity index (χ0) is 14.6. The minimum absolute atomic E-state index is 0.00162. The fraction of sp³-hybridized carbons (Fsp3) is 0.909. The van der Waals surface area contributed by atoms with Crippen LogP contribution in [0.25, 0.3) is 0 Å². The van der Waals surface area contributed by atoms with Crippen LogP contribution in [0.15, 0.2) is 0 Å². The van der Waals surface area contributed by atoms with E-state index in [1.165, 1.54) is 0 Å². The number of carbonyl (C=O) groups is 1. The lowest BCUT2D eigenvalue weighted by Crippen LogP contribution is -2.40. The molecule has 108 valence electrons. The number of ether oxygens (including phenoxy) is 1. The fourth-order valence-corrected chi connectivity index (χ4v) is 1.48. The van der Waals surface area contributed by atoms with Crippen molar-refractivity contribution in [2.24, 2.45) is 5.41 Å². The lowest BCUT2D eigenvalue weighted by molar-refractivity contribution is 0.0494. The second kappa shape index (κ2) is 5.88. The molecule has 0 fully saturated rings. The van der Waals surface area contributed by atoms with Crippen LogP contribution < -0.4 is 5.32 Å². The summed E-state index contributed by atoms with van der Waals surface area (Å²) in [6.07, 6.45) is 0.458. The Bertz CT molecular complexity index is 381. The van der Waals surface area contributed by atoms with Crippen LogP contribution in [-0.4, -0.2) is 39.5 Å². The highest BCUT2D eigenvalue weighted by molar-refractivity contribution is 7.85. The molecule has 0 aliphatic carbocycles. The number of alkyl carbamates (subject to hydrolysis) is 1. The highest BCUT2D eigenvalue weighted by Crippen LogP contribution is 2.15. The van der Waals surface area contributed by atoms with Gasteiger partial charge in [-0.15, -0.1) is 0 Å². The molecule has 0 aliphatic heterocycles. The van der Waals surface area contributed by atoms with Gasteiger partial charge in [-0.1, -0.05) is 13.8 Å². The molecule has 7 heteroatoms. The van der Waals surface area contributed by atoms with Gasteiger partial charge in [0.05, 0.1) is 12.9 Å². The van der Waals surface area contributed by atoms with Gasteiger partial charge in [0.1, 0.15) is 5.60 Å². The first-order valence-corrected chi connectivity index (χ1v) is 7.44. The standard InChI is InChI=1S/C11H23NO5S/c1-10(2,3)17-9(13)12-7-11(4,5)8-16-18(6,14)15/h7-8H2,1-6H3,(H,12,13). The second-order valence-corrected chi connectivity index (χ2v) is 7.63. The van der Waals surface area contributed by atoms with E-state index in [-0.39, 0.29) is 13.2 Å². The molecule has 0 aromatic carbocycles.